The molecule has 5 nitrogen and oxygen atoms in total. The van der Waals surface area contributed by atoms with Crippen LogP contribution in [0.25, 0.3) is 0 Å². The molecule has 0 spiro atoms. The predicted molar refractivity (Wildman–Crippen MR) is 85.1 cm³/mol. The highest BCUT2D eigenvalue weighted by molar-refractivity contribution is 5.78. The zero-order valence-corrected chi connectivity index (χ0v) is 14.0. The van der Waals surface area contributed by atoms with E-state index in [0.717, 1.165) is 16.0 Å². The summed E-state index contributed by atoms with van der Waals surface area (Å²) < 4.78 is 38.9. The quantitative estimate of drug-likeness (QED) is 0.870. The molecule has 1 unspecified atom stereocenters. The minimum absolute atomic E-state index is 0.290. The van der Waals surface area contributed by atoms with E-state index in [1.54, 1.807) is 6.92 Å². The standard InChI is InChI=1S/C17H21F3N2O3/c1-10-5-3-4-6-12(10)7-11(2)21-16(25)22-8-13(15(23)24)14(9-22)17(18,19)20/h3-6,11,13-14H,7-9H2,1-2H3,(H,21,25)(H,23,24)/t11?,13-,14-/m1/s1. The van der Waals surface area contributed by atoms with Gasteiger partial charge in [-0.2, -0.15) is 13.2 Å². The molecule has 1 aromatic carbocycles. The Kier molecular flexibility index (Phi) is 5.59. The Morgan fingerprint density at radius 1 is 1.32 bits per heavy atom. The number of hydrogen-bond acceptors (Lipinski definition) is 2. The van der Waals surface area contributed by atoms with Crippen LogP contribution >= 0.6 is 0 Å². The SMILES string of the molecule is Cc1ccccc1CC(C)NC(=O)N1C[C@@H](C(F)(F)F)[C@H](C(=O)O)C1. The van der Waals surface area contributed by atoms with Crippen molar-refractivity contribution in [3.63, 3.8) is 0 Å². The first-order valence-electron chi connectivity index (χ1n) is 7.99. The molecular weight excluding hydrogens is 337 g/mol. The van der Waals surface area contributed by atoms with Gasteiger partial charge in [0.25, 0.3) is 0 Å². The number of carbonyl (C=O) groups excluding carboxylic acids is 1. The van der Waals surface area contributed by atoms with Crippen LogP contribution in [-0.4, -0.2) is 47.3 Å². The molecule has 0 saturated carbocycles. The second kappa shape index (κ2) is 7.33. The number of urea groups is 1. The maximum absolute atomic E-state index is 13.0. The van der Waals surface area contributed by atoms with Crippen molar-refractivity contribution in [1.82, 2.24) is 10.2 Å². The molecule has 0 aromatic heterocycles. The van der Waals surface area contributed by atoms with E-state index < -0.39 is 43.1 Å². The zero-order valence-electron chi connectivity index (χ0n) is 14.0. The molecule has 138 valence electrons. The van der Waals surface area contributed by atoms with Gasteiger partial charge in [0.15, 0.2) is 0 Å². The number of carboxylic acid groups (broad SMARTS) is 1. The second-order valence-corrected chi connectivity index (χ2v) is 6.48. The van der Waals surface area contributed by atoms with Crippen molar-refractivity contribution < 1.29 is 27.9 Å². The number of nitrogens with one attached hydrogen (secondary N) is 1. The first-order chi connectivity index (χ1) is 11.6. The van der Waals surface area contributed by atoms with Gasteiger partial charge in [0.05, 0.1) is 11.8 Å². The number of hydrogen-bond donors (Lipinski definition) is 2. The molecule has 8 heteroatoms. The van der Waals surface area contributed by atoms with E-state index in [1.165, 1.54) is 0 Å². The van der Waals surface area contributed by atoms with Gasteiger partial charge in [0.2, 0.25) is 0 Å². The minimum atomic E-state index is -4.65. The summed E-state index contributed by atoms with van der Waals surface area (Å²) in [5.41, 5.74) is 2.10. The molecule has 2 rings (SSSR count). The molecule has 1 saturated heterocycles. The zero-order chi connectivity index (χ0) is 18.8. The first kappa shape index (κ1) is 19.1. The Hall–Kier alpha value is -2.25. The summed E-state index contributed by atoms with van der Waals surface area (Å²) >= 11 is 0. The van der Waals surface area contributed by atoms with Crippen molar-refractivity contribution in [3.05, 3.63) is 35.4 Å². The molecule has 1 fully saturated rings. The lowest BCUT2D eigenvalue weighted by Gasteiger charge is -2.22. The lowest BCUT2D eigenvalue weighted by molar-refractivity contribution is -0.187. The molecule has 1 heterocycles. The normalized spacial score (nSPS) is 21.9. The van der Waals surface area contributed by atoms with Gasteiger partial charge in [-0.15, -0.1) is 0 Å². The highest BCUT2D eigenvalue weighted by Gasteiger charge is 2.53. The lowest BCUT2D eigenvalue weighted by atomic mass is 9.96. The maximum Gasteiger partial charge on any atom is 0.394 e. The fourth-order valence-corrected chi connectivity index (χ4v) is 3.07. The van der Waals surface area contributed by atoms with Gasteiger partial charge in [-0.05, 0) is 31.4 Å². The number of nitrogens with zero attached hydrogens (tertiary/aromatic N) is 1. The van der Waals surface area contributed by atoms with Crippen LogP contribution in [0.15, 0.2) is 24.3 Å². The van der Waals surface area contributed by atoms with Crippen molar-refractivity contribution in [3.8, 4) is 0 Å². The minimum Gasteiger partial charge on any atom is -0.481 e. The van der Waals surface area contributed by atoms with E-state index in [2.05, 4.69) is 5.32 Å². The highest BCUT2D eigenvalue weighted by Crippen LogP contribution is 2.37. The van der Waals surface area contributed by atoms with Crippen LogP contribution in [0, 0.1) is 18.8 Å². The van der Waals surface area contributed by atoms with Crippen LogP contribution in [0.4, 0.5) is 18.0 Å². The average molecular weight is 358 g/mol. The van der Waals surface area contributed by atoms with Crippen LogP contribution in [0.3, 0.4) is 0 Å². The van der Waals surface area contributed by atoms with Crippen LogP contribution < -0.4 is 5.32 Å². The van der Waals surface area contributed by atoms with Crippen molar-refractivity contribution in [2.45, 2.75) is 32.5 Å². The van der Waals surface area contributed by atoms with Crippen molar-refractivity contribution in [2.24, 2.45) is 11.8 Å². The van der Waals surface area contributed by atoms with Crippen LogP contribution in [-0.2, 0) is 11.2 Å². The maximum atomic E-state index is 13.0. The second-order valence-electron chi connectivity index (χ2n) is 6.48. The third kappa shape index (κ3) is 4.64. The monoisotopic (exact) mass is 358 g/mol. The molecule has 2 N–H and O–H groups in total. The number of amides is 2. The Balaban J connectivity index is 1.99. The number of halogens is 3. The third-order valence-electron chi connectivity index (χ3n) is 4.50. The average Bonchev–Trinajstić information content (AvgIpc) is 2.95. The fraction of sp³-hybridized carbons (Fsp3) is 0.529. The van der Waals surface area contributed by atoms with E-state index in [4.69, 9.17) is 5.11 Å². The summed E-state index contributed by atoms with van der Waals surface area (Å²) in [5.74, 6) is -5.20. The number of carbonyl (C=O) groups is 2. The molecule has 0 radical (unpaired) electrons. The van der Waals surface area contributed by atoms with Crippen molar-refractivity contribution >= 4 is 12.0 Å². The number of rotatable bonds is 4. The summed E-state index contributed by atoms with van der Waals surface area (Å²) in [7, 11) is 0. The van der Waals surface area contributed by atoms with Crippen LogP contribution in [0.1, 0.15) is 18.1 Å². The Bertz CT molecular complexity index is 648. The summed E-state index contributed by atoms with van der Waals surface area (Å²) in [6.45, 7) is 2.62. The van der Waals surface area contributed by atoms with E-state index >= 15 is 0 Å². The van der Waals surface area contributed by atoms with E-state index in [0.29, 0.717) is 6.42 Å². The van der Waals surface area contributed by atoms with Gasteiger partial charge in [0, 0.05) is 19.1 Å². The number of aryl methyl sites for hydroxylation is 1. The largest absolute Gasteiger partial charge is 0.481 e. The van der Waals surface area contributed by atoms with Gasteiger partial charge < -0.3 is 15.3 Å². The van der Waals surface area contributed by atoms with Gasteiger partial charge in [-0.25, -0.2) is 4.79 Å². The highest BCUT2D eigenvalue weighted by atomic mass is 19.4. The predicted octanol–water partition coefficient (Wildman–Crippen LogP) is 2.83. The molecule has 0 bridgehead atoms. The summed E-state index contributed by atoms with van der Waals surface area (Å²) in [5, 5.41) is 11.7. The number of carboxylic acids is 1. The Labute approximate surface area is 143 Å². The number of aliphatic carboxylic acids is 1. The molecule has 1 aliphatic heterocycles. The summed E-state index contributed by atoms with van der Waals surface area (Å²) in [4.78, 5) is 24.2. The summed E-state index contributed by atoms with van der Waals surface area (Å²) in [6.07, 6.45) is -4.11. The molecule has 1 aromatic rings. The van der Waals surface area contributed by atoms with Crippen molar-refractivity contribution in [2.75, 3.05) is 13.1 Å². The molecule has 25 heavy (non-hydrogen) atoms. The Morgan fingerprint density at radius 2 is 1.96 bits per heavy atom. The summed E-state index contributed by atoms with van der Waals surface area (Å²) in [6, 6.07) is 6.68. The lowest BCUT2D eigenvalue weighted by Crippen LogP contribution is -2.44. The third-order valence-corrected chi connectivity index (χ3v) is 4.50. The van der Waals surface area contributed by atoms with Gasteiger partial charge in [-0.1, -0.05) is 24.3 Å². The van der Waals surface area contributed by atoms with E-state index in [9.17, 15) is 22.8 Å². The number of likely N-dealkylation sites (tertiary alicyclic amines) is 1. The first-order valence-corrected chi connectivity index (χ1v) is 7.99. The number of benzene rings is 1. The van der Waals surface area contributed by atoms with Gasteiger partial charge in [0.1, 0.15) is 0 Å². The number of alkyl halides is 3. The molecule has 2 amide bonds. The molecule has 0 aliphatic carbocycles. The van der Waals surface area contributed by atoms with E-state index in [1.807, 2.05) is 31.2 Å². The molecular formula is C17H21F3N2O3. The molecule has 3 atom stereocenters. The van der Waals surface area contributed by atoms with E-state index in [-0.39, 0.29) is 6.04 Å². The van der Waals surface area contributed by atoms with Crippen molar-refractivity contribution in [1.29, 1.82) is 0 Å². The van der Waals surface area contributed by atoms with Gasteiger partial charge >= 0.3 is 18.2 Å². The Morgan fingerprint density at radius 3 is 2.48 bits per heavy atom. The topological polar surface area (TPSA) is 69.6 Å². The van der Waals surface area contributed by atoms with Crippen LogP contribution in [0.2, 0.25) is 0 Å². The smallest absolute Gasteiger partial charge is 0.394 e. The fourth-order valence-electron chi connectivity index (χ4n) is 3.07. The van der Waals surface area contributed by atoms with Crippen LogP contribution in [0.5, 0.6) is 0 Å². The molecule has 1 aliphatic rings. The van der Waals surface area contributed by atoms with Gasteiger partial charge in [-0.3, -0.25) is 4.79 Å².